The molecular formula is C18H26FNO2. The largest absolute Gasteiger partial charge is 0.496 e. The SMILES string of the molecule is COc1ccc(F)cc1CC(C1CCCC1)C1CNCCO1. The van der Waals surface area contributed by atoms with Crippen LogP contribution in [0.15, 0.2) is 18.2 Å². The molecule has 1 aromatic carbocycles. The van der Waals surface area contributed by atoms with Crippen LogP contribution in [0.4, 0.5) is 4.39 Å². The smallest absolute Gasteiger partial charge is 0.123 e. The topological polar surface area (TPSA) is 30.5 Å². The normalized spacial score (nSPS) is 24.4. The highest BCUT2D eigenvalue weighted by atomic mass is 19.1. The van der Waals surface area contributed by atoms with Crippen LogP contribution in [-0.4, -0.2) is 32.9 Å². The van der Waals surface area contributed by atoms with E-state index in [1.165, 1.54) is 31.7 Å². The van der Waals surface area contributed by atoms with Gasteiger partial charge in [-0.05, 0) is 42.0 Å². The maximum absolute atomic E-state index is 13.7. The van der Waals surface area contributed by atoms with Crippen LogP contribution < -0.4 is 10.1 Å². The van der Waals surface area contributed by atoms with Crippen LogP contribution in [0.25, 0.3) is 0 Å². The van der Waals surface area contributed by atoms with Gasteiger partial charge >= 0.3 is 0 Å². The van der Waals surface area contributed by atoms with Gasteiger partial charge in [0.25, 0.3) is 0 Å². The molecule has 1 aliphatic heterocycles. The summed E-state index contributed by atoms with van der Waals surface area (Å²) in [5.41, 5.74) is 0.966. The molecule has 3 rings (SSSR count). The molecule has 22 heavy (non-hydrogen) atoms. The van der Waals surface area contributed by atoms with Crippen LogP contribution in [0.1, 0.15) is 31.2 Å². The second-order valence-electron chi connectivity index (χ2n) is 6.48. The third-order valence-corrected chi connectivity index (χ3v) is 5.14. The van der Waals surface area contributed by atoms with E-state index in [9.17, 15) is 4.39 Å². The molecule has 0 aromatic heterocycles. The van der Waals surface area contributed by atoms with Crippen molar-refractivity contribution < 1.29 is 13.9 Å². The summed E-state index contributed by atoms with van der Waals surface area (Å²) < 4.78 is 25.1. The van der Waals surface area contributed by atoms with Crippen molar-refractivity contribution in [3.05, 3.63) is 29.6 Å². The summed E-state index contributed by atoms with van der Waals surface area (Å²) in [4.78, 5) is 0. The Morgan fingerprint density at radius 2 is 2.18 bits per heavy atom. The van der Waals surface area contributed by atoms with Crippen molar-refractivity contribution in [1.82, 2.24) is 5.32 Å². The Morgan fingerprint density at radius 3 is 2.86 bits per heavy atom. The number of hydrogen-bond donors (Lipinski definition) is 1. The summed E-state index contributed by atoms with van der Waals surface area (Å²) in [7, 11) is 1.65. The van der Waals surface area contributed by atoms with E-state index in [1.807, 2.05) is 0 Å². The first kappa shape index (κ1) is 15.8. The average molecular weight is 307 g/mol. The molecule has 2 aliphatic rings. The fourth-order valence-electron chi connectivity index (χ4n) is 4.01. The summed E-state index contributed by atoms with van der Waals surface area (Å²) in [6, 6.07) is 4.82. The van der Waals surface area contributed by atoms with Gasteiger partial charge in [-0.3, -0.25) is 0 Å². The summed E-state index contributed by atoms with van der Waals surface area (Å²) in [5.74, 6) is 1.71. The fourth-order valence-corrected chi connectivity index (χ4v) is 4.01. The molecule has 3 nitrogen and oxygen atoms in total. The zero-order chi connectivity index (χ0) is 15.4. The molecule has 1 saturated heterocycles. The maximum atomic E-state index is 13.7. The molecule has 1 aliphatic carbocycles. The van der Waals surface area contributed by atoms with E-state index in [2.05, 4.69) is 5.32 Å². The second-order valence-corrected chi connectivity index (χ2v) is 6.48. The summed E-state index contributed by atoms with van der Waals surface area (Å²) in [6.45, 7) is 2.60. The Balaban J connectivity index is 1.81. The predicted molar refractivity (Wildman–Crippen MR) is 84.7 cm³/mol. The Morgan fingerprint density at radius 1 is 1.36 bits per heavy atom. The lowest BCUT2D eigenvalue weighted by atomic mass is 9.81. The highest BCUT2D eigenvalue weighted by molar-refractivity contribution is 5.34. The minimum absolute atomic E-state index is 0.191. The third kappa shape index (κ3) is 3.61. The monoisotopic (exact) mass is 307 g/mol. The number of rotatable bonds is 5. The average Bonchev–Trinajstić information content (AvgIpc) is 3.08. The van der Waals surface area contributed by atoms with Crippen LogP contribution in [0.2, 0.25) is 0 Å². The van der Waals surface area contributed by atoms with E-state index in [4.69, 9.17) is 9.47 Å². The molecule has 122 valence electrons. The first-order valence-electron chi connectivity index (χ1n) is 8.42. The molecule has 1 saturated carbocycles. The van der Waals surface area contributed by atoms with Crippen molar-refractivity contribution in [2.45, 2.75) is 38.2 Å². The highest BCUT2D eigenvalue weighted by Crippen LogP contribution is 2.37. The molecule has 1 heterocycles. The van der Waals surface area contributed by atoms with Gasteiger partial charge in [0, 0.05) is 13.1 Å². The zero-order valence-corrected chi connectivity index (χ0v) is 13.3. The fraction of sp³-hybridized carbons (Fsp3) is 0.667. The van der Waals surface area contributed by atoms with Crippen LogP contribution in [-0.2, 0) is 11.2 Å². The zero-order valence-electron chi connectivity index (χ0n) is 13.3. The molecule has 2 unspecified atom stereocenters. The molecule has 0 radical (unpaired) electrons. The Kier molecular flexibility index (Phi) is 5.32. The molecular weight excluding hydrogens is 281 g/mol. The van der Waals surface area contributed by atoms with Gasteiger partial charge in [-0.2, -0.15) is 0 Å². The maximum Gasteiger partial charge on any atom is 0.123 e. The van der Waals surface area contributed by atoms with Crippen molar-refractivity contribution >= 4 is 0 Å². The Hall–Kier alpha value is -1.13. The lowest BCUT2D eigenvalue weighted by Gasteiger charge is -2.35. The van der Waals surface area contributed by atoms with Crippen molar-refractivity contribution in [3.8, 4) is 5.75 Å². The number of nitrogens with one attached hydrogen (secondary N) is 1. The van der Waals surface area contributed by atoms with E-state index in [1.54, 1.807) is 19.2 Å². The van der Waals surface area contributed by atoms with Crippen LogP contribution in [0.5, 0.6) is 5.75 Å². The van der Waals surface area contributed by atoms with E-state index >= 15 is 0 Å². The van der Waals surface area contributed by atoms with Crippen LogP contribution >= 0.6 is 0 Å². The number of methoxy groups -OCH3 is 1. The van der Waals surface area contributed by atoms with Crippen LogP contribution in [0, 0.1) is 17.7 Å². The second kappa shape index (κ2) is 7.42. The quantitative estimate of drug-likeness (QED) is 0.906. The minimum Gasteiger partial charge on any atom is -0.496 e. The van der Waals surface area contributed by atoms with Gasteiger partial charge in [-0.25, -0.2) is 4.39 Å². The number of benzene rings is 1. The van der Waals surface area contributed by atoms with Gasteiger partial charge in [0.2, 0.25) is 0 Å². The predicted octanol–water partition coefficient (Wildman–Crippen LogP) is 3.17. The molecule has 2 fully saturated rings. The summed E-state index contributed by atoms with van der Waals surface area (Å²) in [5, 5.41) is 3.43. The van der Waals surface area contributed by atoms with E-state index in [0.29, 0.717) is 11.8 Å². The van der Waals surface area contributed by atoms with Crippen molar-refractivity contribution in [3.63, 3.8) is 0 Å². The van der Waals surface area contributed by atoms with Crippen molar-refractivity contribution in [2.24, 2.45) is 11.8 Å². The molecule has 4 heteroatoms. The molecule has 1 N–H and O–H groups in total. The minimum atomic E-state index is -0.191. The molecule has 0 bridgehead atoms. The van der Waals surface area contributed by atoms with E-state index in [0.717, 1.165) is 37.4 Å². The Bertz CT molecular complexity index is 482. The summed E-state index contributed by atoms with van der Waals surface area (Å²) >= 11 is 0. The number of morpholine rings is 1. The lowest BCUT2D eigenvalue weighted by Crippen LogP contribution is -2.45. The standard InChI is InChI=1S/C18H26FNO2/c1-21-17-7-6-15(19)10-14(17)11-16(13-4-2-3-5-13)18-12-20-8-9-22-18/h6-7,10,13,16,18,20H,2-5,8-9,11-12H2,1H3. The molecule has 0 spiro atoms. The third-order valence-electron chi connectivity index (χ3n) is 5.14. The van der Waals surface area contributed by atoms with E-state index < -0.39 is 0 Å². The van der Waals surface area contributed by atoms with E-state index in [-0.39, 0.29) is 11.9 Å². The van der Waals surface area contributed by atoms with Gasteiger partial charge in [-0.1, -0.05) is 25.7 Å². The van der Waals surface area contributed by atoms with Gasteiger partial charge in [0.1, 0.15) is 11.6 Å². The van der Waals surface area contributed by atoms with Crippen LogP contribution in [0.3, 0.4) is 0 Å². The van der Waals surface area contributed by atoms with Gasteiger partial charge in [0.15, 0.2) is 0 Å². The van der Waals surface area contributed by atoms with Gasteiger partial charge in [0.05, 0.1) is 19.8 Å². The van der Waals surface area contributed by atoms with Crippen molar-refractivity contribution in [2.75, 3.05) is 26.8 Å². The molecule has 2 atom stereocenters. The number of ether oxygens (including phenoxy) is 2. The Labute approximate surface area is 132 Å². The highest BCUT2D eigenvalue weighted by Gasteiger charge is 2.33. The number of halogens is 1. The van der Waals surface area contributed by atoms with Gasteiger partial charge in [-0.15, -0.1) is 0 Å². The first-order valence-corrected chi connectivity index (χ1v) is 8.42. The molecule has 0 amide bonds. The lowest BCUT2D eigenvalue weighted by molar-refractivity contribution is -0.0259. The first-order chi connectivity index (χ1) is 10.8. The van der Waals surface area contributed by atoms with Gasteiger partial charge < -0.3 is 14.8 Å². The molecule has 1 aromatic rings. The summed E-state index contributed by atoms with van der Waals surface area (Å²) in [6.07, 6.45) is 6.20. The van der Waals surface area contributed by atoms with Crippen molar-refractivity contribution in [1.29, 1.82) is 0 Å². The number of hydrogen-bond acceptors (Lipinski definition) is 3.